The third-order valence-electron chi connectivity index (χ3n) is 6.51. The van der Waals surface area contributed by atoms with Gasteiger partial charge in [0.25, 0.3) is 5.56 Å². The van der Waals surface area contributed by atoms with Crippen molar-refractivity contribution >= 4 is 5.91 Å². The standard InChI is InChI=1S/C23H29N3O3/c1-3-18-16(2)24-20(25-21(18)27)19-10-7-13-26(19)22(28)23(11-14-29-15-12-23)17-8-5-4-6-9-17/h4-6,8-9,19H,3,7,10-15H2,1-2H3,(H,24,25,27)/t19-/m0/s1. The highest BCUT2D eigenvalue weighted by molar-refractivity contribution is 5.89. The van der Waals surface area contributed by atoms with Gasteiger partial charge >= 0.3 is 0 Å². The molecular formula is C23H29N3O3. The average molecular weight is 396 g/mol. The number of carbonyl (C=O) groups excluding carboxylic acids is 1. The predicted molar refractivity (Wildman–Crippen MR) is 111 cm³/mol. The van der Waals surface area contributed by atoms with Crippen molar-refractivity contribution in [1.29, 1.82) is 0 Å². The maximum Gasteiger partial charge on any atom is 0.254 e. The van der Waals surface area contributed by atoms with Gasteiger partial charge in [-0.1, -0.05) is 37.3 Å². The minimum Gasteiger partial charge on any atom is -0.381 e. The van der Waals surface area contributed by atoms with Crippen LogP contribution < -0.4 is 5.56 Å². The monoisotopic (exact) mass is 395 g/mol. The Kier molecular flexibility index (Phi) is 5.54. The van der Waals surface area contributed by atoms with E-state index < -0.39 is 5.41 Å². The summed E-state index contributed by atoms with van der Waals surface area (Å²) in [6, 6.07) is 9.89. The van der Waals surface area contributed by atoms with Crippen LogP contribution in [0.4, 0.5) is 0 Å². The molecule has 154 valence electrons. The Balaban J connectivity index is 1.71. The molecule has 6 nitrogen and oxygen atoms in total. The summed E-state index contributed by atoms with van der Waals surface area (Å²) >= 11 is 0. The van der Waals surface area contributed by atoms with Gasteiger partial charge < -0.3 is 14.6 Å². The van der Waals surface area contributed by atoms with Crippen LogP contribution in [0.25, 0.3) is 0 Å². The maximum atomic E-state index is 14.0. The van der Waals surface area contributed by atoms with Crippen molar-refractivity contribution in [2.45, 2.75) is 57.4 Å². The Labute approximate surface area is 171 Å². The molecule has 2 saturated heterocycles. The van der Waals surface area contributed by atoms with Crippen molar-refractivity contribution in [2.24, 2.45) is 0 Å². The molecule has 1 atom stereocenters. The fourth-order valence-electron chi connectivity index (χ4n) is 4.88. The van der Waals surface area contributed by atoms with Crippen LogP contribution in [0.3, 0.4) is 0 Å². The Morgan fingerprint density at radius 2 is 2.00 bits per heavy atom. The second kappa shape index (κ2) is 8.11. The third kappa shape index (κ3) is 3.50. The number of hydrogen-bond acceptors (Lipinski definition) is 4. The Bertz CT molecular complexity index is 932. The molecule has 1 aromatic carbocycles. The van der Waals surface area contributed by atoms with Crippen molar-refractivity contribution in [1.82, 2.24) is 14.9 Å². The molecule has 0 bridgehead atoms. The zero-order valence-electron chi connectivity index (χ0n) is 17.2. The molecule has 0 unspecified atom stereocenters. The molecule has 2 fully saturated rings. The van der Waals surface area contributed by atoms with Crippen molar-refractivity contribution in [3.8, 4) is 0 Å². The molecule has 0 aliphatic carbocycles. The first-order valence-electron chi connectivity index (χ1n) is 10.6. The molecule has 1 amide bonds. The van der Waals surface area contributed by atoms with Gasteiger partial charge in [0, 0.05) is 31.0 Å². The lowest BCUT2D eigenvalue weighted by molar-refractivity contribution is -0.142. The van der Waals surface area contributed by atoms with Crippen LogP contribution in [0.15, 0.2) is 35.1 Å². The van der Waals surface area contributed by atoms with Gasteiger partial charge in [0.05, 0.1) is 11.5 Å². The molecule has 1 aromatic heterocycles. The SMILES string of the molecule is CCc1c(C)nc([C@@H]2CCCN2C(=O)C2(c3ccccc3)CCOCC2)[nH]c1=O. The van der Waals surface area contributed by atoms with Crippen LogP contribution in [-0.2, 0) is 21.4 Å². The van der Waals surface area contributed by atoms with Crippen LogP contribution in [0, 0.1) is 6.92 Å². The number of aryl methyl sites for hydroxylation is 1. The van der Waals surface area contributed by atoms with Gasteiger partial charge in [0.2, 0.25) is 5.91 Å². The molecule has 0 radical (unpaired) electrons. The zero-order chi connectivity index (χ0) is 20.4. The number of nitrogens with one attached hydrogen (secondary N) is 1. The van der Waals surface area contributed by atoms with Crippen molar-refractivity contribution < 1.29 is 9.53 Å². The van der Waals surface area contributed by atoms with Gasteiger partial charge in [0.1, 0.15) is 5.82 Å². The van der Waals surface area contributed by atoms with Crippen molar-refractivity contribution in [3.63, 3.8) is 0 Å². The number of aromatic nitrogens is 2. The number of rotatable bonds is 4. The maximum absolute atomic E-state index is 14.0. The van der Waals surface area contributed by atoms with Crippen LogP contribution in [0.2, 0.25) is 0 Å². The summed E-state index contributed by atoms with van der Waals surface area (Å²) in [5.74, 6) is 0.750. The lowest BCUT2D eigenvalue weighted by Crippen LogP contribution is -2.50. The first kappa shape index (κ1) is 19.8. The number of H-pyrrole nitrogens is 1. The van der Waals surface area contributed by atoms with E-state index in [-0.39, 0.29) is 17.5 Å². The summed E-state index contributed by atoms with van der Waals surface area (Å²) in [5, 5.41) is 0. The quantitative estimate of drug-likeness (QED) is 0.863. The van der Waals surface area contributed by atoms with Gasteiger partial charge in [-0.05, 0) is 44.6 Å². The fourth-order valence-corrected chi connectivity index (χ4v) is 4.88. The Morgan fingerprint density at radius 1 is 1.28 bits per heavy atom. The van der Waals surface area contributed by atoms with E-state index in [0.29, 0.717) is 44.8 Å². The lowest BCUT2D eigenvalue weighted by Gasteiger charge is -2.40. The first-order chi connectivity index (χ1) is 14.1. The van der Waals surface area contributed by atoms with E-state index in [9.17, 15) is 9.59 Å². The summed E-state index contributed by atoms with van der Waals surface area (Å²) in [4.78, 5) is 36.0. The summed E-state index contributed by atoms with van der Waals surface area (Å²) in [6.07, 6.45) is 3.74. The van der Waals surface area contributed by atoms with Gasteiger partial charge in [0.15, 0.2) is 0 Å². The number of carbonyl (C=O) groups is 1. The van der Waals surface area contributed by atoms with E-state index in [2.05, 4.69) is 22.1 Å². The largest absolute Gasteiger partial charge is 0.381 e. The molecule has 3 heterocycles. The summed E-state index contributed by atoms with van der Waals surface area (Å²) in [7, 11) is 0. The highest BCUT2D eigenvalue weighted by atomic mass is 16.5. The number of benzene rings is 1. The summed E-state index contributed by atoms with van der Waals surface area (Å²) in [5.41, 5.74) is 1.88. The van der Waals surface area contributed by atoms with Gasteiger partial charge in [-0.15, -0.1) is 0 Å². The Morgan fingerprint density at radius 3 is 2.66 bits per heavy atom. The first-order valence-corrected chi connectivity index (χ1v) is 10.6. The van der Waals surface area contributed by atoms with E-state index >= 15 is 0 Å². The minimum atomic E-state index is -0.569. The van der Waals surface area contributed by atoms with Crippen molar-refractivity contribution in [3.05, 3.63) is 63.3 Å². The Hall–Kier alpha value is -2.47. The van der Waals surface area contributed by atoms with E-state index in [1.165, 1.54) is 0 Å². The van der Waals surface area contributed by atoms with E-state index in [1.807, 2.05) is 36.9 Å². The number of hydrogen-bond donors (Lipinski definition) is 1. The van der Waals surface area contributed by atoms with Crippen LogP contribution in [0.5, 0.6) is 0 Å². The molecule has 0 spiro atoms. The molecule has 0 saturated carbocycles. The topological polar surface area (TPSA) is 75.3 Å². The van der Waals surface area contributed by atoms with Crippen LogP contribution in [0.1, 0.15) is 61.3 Å². The highest BCUT2D eigenvalue weighted by Gasteiger charge is 2.47. The second-order valence-corrected chi connectivity index (χ2v) is 8.09. The molecule has 1 N–H and O–H groups in total. The lowest BCUT2D eigenvalue weighted by atomic mass is 9.73. The van der Waals surface area contributed by atoms with Crippen molar-refractivity contribution in [2.75, 3.05) is 19.8 Å². The second-order valence-electron chi connectivity index (χ2n) is 8.09. The van der Waals surface area contributed by atoms with E-state index in [4.69, 9.17) is 4.74 Å². The molecule has 2 aromatic rings. The summed E-state index contributed by atoms with van der Waals surface area (Å²) < 4.78 is 5.60. The number of nitrogens with zero attached hydrogens (tertiary/aromatic N) is 2. The number of amides is 1. The minimum absolute atomic E-state index is 0.0851. The molecule has 4 rings (SSSR count). The van der Waals surface area contributed by atoms with Gasteiger partial charge in [-0.2, -0.15) is 0 Å². The molecule has 6 heteroatoms. The van der Waals surface area contributed by atoms with E-state index in [0.717, 1.165) is 29.7 Å². The smallest absolute Gasteiger partial charge is 0.254 e. The normalized spacial score (nSPS) is 21.3. The average Bonchev–Trinajstić information content (AvgIpc) is 3.24. The van der Waals surface area contributed by atoms with E-state index in [1.54, 1.807) is 0 Å². The van der Waals surface area contributed by atoms with Crippen LogP contribution in [-0.4, -0.2) is 40.5 Å². The highest BCUT2D eigenvalue weighted by Crippen LogP contribution is 2.41. The fraction of sp³-hybridized carbons (Fsp3) is 0.522. The molecule has 29 heavy (non-hydrogen) atoms. The zero-order valence-corrected chi connectivity index (χ0v) is 17.2. The molecule has 2 aliphatic heterocycles. The number of likely N-dealkylation sites (tertiary alicyclic amines) is 1. The van der Waals surface area contributed by atoms with Crippen LogP contribution >= 0.6 is 0 Å². The predicted octanol–water partition coefficient (Wildman–Crippen LogP) is 3.05. The van der Waals surface area contributed by atoms with Gasteiger partial charge in [-0.25, -0.2) is 4.98 Å². The molecular weight excluding hydrogens is 366 g/mol. The number of ether oxygens (including phenoxy) is 1. The third-order valence-corrected chi connectivity index (χ3v) is 6.51. The number of aromatic amines is 1. The molecule has 2 aliphatic rings. The van der Waals surface area contributed by atoms with Gasteiger partial charge in [-0.3, -0.25) is 9.59 Å². The summed E-state index contributed by atoms with van der Waals surface area (Å²) in [6.45, 7) is 5.69.